The predicted molar refractivity (Wildman–Crippen MR) is 85.9 cm³/mol. The smallest absolute Gasteiger partial charge is 0.338 e. The molecule has 10 nitrogen and oxygen atoms in total. The highest BCUT2D eigenvalue weighted by atomic mass is 16.4. The molecule has 0 spiro atoms. The fraction of sp³-hybridized carbons (Fsp3) is 0.357. The number of carboxylic acid groups (broad SMARTS) is 1. The van der Waals surface area contributed by atoms with E-state index in [1.165, 1.54) is 24.8 Å². The van der Waals surface area contributed by atoms with Crippen LogP contribution in [0.1, 0.15) is 10.4 Å². The van der Waals surface area contributed by atoms with Crippen LogP contribution in [0.15, 0.2) is 24.8 Å². The van der Waals surface area contributed by atoms with E-state index >= 15 is 0 Å². The summed E-state index contributed by atoms with van der Waals surface area (Å²) in [6.45, 7) is 1.55. The second-order valence-electron chi connectivity index (χ2n) is 5.37. The minimum atomic E-state index is -1.07. The quantitative estimate of drug-likeness (QED) is 0.654. The van der Waals surface area contributed by atoms with Gasteiger partial charge in [-0.05, 0) is 0 Å². The highest BCUT2D eigenvalue weighted by molar-refractivity contribution is 5.86. The molecule has 4 N–H and O–H groups in total. The van der Waals surface area contributed by atoms with Crippen LogP contribution < -0.4 is 15.5 Å². The first-order valence-corrected chi connectivity index (χ1v) is 7.34. The Morgan fingerprint density at radius 1 is 1.12 bits per heavy atom. The largest absolute Gasteiger partial charge is 0.478 e. The topological polar surface area (TPSA) is 142 Å². The fourth-order valence-electron chi connectivity index (χ4n) is 2.53. The minimum Gasteiger partial charge on any atom is -0.478 e. The first kappa shape index (κ1) is 15.9. The fourth-order valence-corrected chi connectivity index (χ4v) is 2.53. The molecule has 3 heterocycles. The summed E-state index contributed by atoms with van der Waals surface area (Å²) in [7, 11) is 0. The molecule has 1 aliphatic heterocycles. The van der Waals surface area contributed by atoms with E-state index in [9.17, 15) is 9.90 Å². The molecule has 0 amide bonds. The number of piperazine rings is 1. The van der Waals surface area contributed by atoms with Crippen LogP contribution >= 0.6 is 0 Å². The molecule has 2 aromatic rings. The van der Waals surface area contributed by atoms with Crippen molar-refractivity contribution >= 4 is 23.6 Å². The van der Waals surface area contributed by atoms with Gasteiger partial charge in [-0.15, -0.1) is 0 Å². The van der Waals surface area contributed by atoms with Crippen LogP contribution in [0, 0.1) is 0 Å². The Hall–Kier alpha value is -3.01. The highest BCUT2D eigenvalue weighted by Crippen LogP contribution is 2.19. The molecule has 0 bridgehead atoms. The Labute approximate surface area is 137 Å². The Bertz CT molecular complexity index is 707. The van der Waals surface area contributed by atoms with E-state index < -0.39 is 5.97 Å². The molecule has 2 aromatic heterocycles. The van der Waals surface area contributed by atoms with Crippen LogP contribution in [0.25, 0.3) is 0 Å². The molecular weight excluding hydrogens is 314 g/mol. The standard InChI is InChI=1S/C14H17N7O3/c15-10-5-18-14(19-6-10)21-2-1-20(7-11(21)8-22)13-16-3-9(4-17-13)12(23)24/h3-6,11,22H,1-2,7-8,15H2,(H,23,24). The number of hydrogen-bond donors (Lipinski definition) is 3. The van der Waals surface area contributed by atoms with Gasteiger partial charge < -0.3 is 25.7 Å². The normalized spacial score (nSPS) is 17.8. The van der Waals surface area contributed by atoms with E-state index in [1.807, 2.05) is 9.80 Å². The number of hydrogen-bond acceptors (Lipinski definition) is 9. The van der Waals surface area contributed by atoms with Crippen molar-refractivity contribution in [3.63, 3.8) is 0 Å². The SMILES string of the molecule is Nc1cnc(N2CCN(c3ncc(C(=O)O)cn3)CC2CO)nc1. The van der Waals surface area contributed by atoms with E-state index in [0.29, 0.717) is 37.2 Å². The van der Waals surface area contributed by atoms with Gasteiger partial charge in [0, 0.05) is 32.0 Å². The Morgan fingerprint density at radius 3 is 2.33 bits per heavy atom. The van der Waals surface area contributed by atoms with Gasteiger partial charge in [0.1, 0.15) is 0 Å². The molecule has 1 fully saturated rings. The van der Waals surface area contributed by atoms with Gasteiger partial charge in [-0.25, -0.2) is 24.7 Å². The monoisotopic (exact) mass is 331 g/mol. The van der Waals surface area contributed by atoms with Crippen molar-refractivity contribution in [3.05, 3.63) is 30.4 Å². The van der Waals surface area contributed by atoms with Gasteiger partial charge >= 0.3 is 5.97 Å². The molecule has 1 atom stereocenters. The maximum Gasteiger partial charge on any atom is 0.338 e. The number of aliphatic hydroxyl groups excluding tert-OH is 1. The summed E-state index contributed by atoms with van der Waals surface area (Å²) in [6, 6.07) is -0.231. The first-order valence-electron chi connectivity index (χ1n) is 7.34. The number of carboxylic acids is 1. The van der Waals surface area contributed by atoms with Gasteiger partial charge in [0.25, 0.3) is 0 Å². The third-order valence-electron chi connectivity index (χ3n) is 3.78. The molecule has 10 heteroatoms. The van der Waals surface area contributed by atoms with Crippen molar-refractivity contribution in [2.75, 3.05) is 41.8 Å². The summed E-state index contributed by atoms with van der Waals surface area (Å²) in [5.74, 6) is -0.138. The average Bonchev–Trinajstić information content (AvgIpc) is 2.62. The molecule has 0 radical (unpaired) electrons. The van der Waals surface area contributed by atoms with Crippen LogP contribution in [0.2, 0.25) is 0 Å². The maximum absolute atomic E-state index is 10.9. The van der Waals surface area contributed by atoms with Crippen LogP contribution in [-0.2, 0) is 0 Å². The van der Waals surface area contributed by atoms with Gasteiger partial charge in [0.05, 0.1) is 36.3 Å². The zero-order valence-electron chi connectivity index (χ0n) is 12.8. The number of aromatic carboxylic acids is 1. The van der Waals surface area contributed by atoms with Crippen LogP contribution in [0.5, 0.6) is 0 Å². The van der Waals surface area contributed by atoms with E-state index in [0.717, 1.165) is 0 Å². The molecular formula is C14H17N7O3. The van der Waals surface area contributed by atoms with Crippen molar-refractivity contribution < 1.29 is 15.0 Å². The number of nitrogens with zero attached hydrogens (tertiary/aromatic N) is 6. The van der Waals surface area contributed by atoms with Crippen LogP contribution in [0.4, 0.5) is 17.6 Å². The van der Waals surface area contributed by atoms with Crippen LogP contribution in [-0.4, -0.2) is 68.4 Å². The number of nitrogens with two attached hydrogens (primary N) is 1. The number of rotatable bonds is 4. The Kier molecular flexibility index (Phi) is 4.38. The van der Waals surface area contributed by atoms with Gasteiger partial charge in [-0.1, -0.05) is 0 Å². The van der Waals surface area contributed by atoms with Crippen molar-refractivity contribution in [3.8, 4) is 0 Å². The third-order valence-corrected chi connectivity index (χ3v) is 3.78. The van der Waals surface area contributed by atoms with E-state index in [1.54, 1.807) is 0 Å². The summed E-state index contributed by atoms with van der Waals surface area (Å²) in [5.41, 5.74) is 6.11. The first-order chi connectivity index (χ1) is 11.6. The number of carbonyl (C=O) groups is 1. The molecule has 1 aliphatic rings. The molecule has 0 aliphatic carbocycles. The molecule has 1 saturated heterocycles. The van der Waals surface area contributed by atoms with Crippen molar-refractivity contribution in [2.24, 2.45) is 0 Å². The molecule has 0 aromatic carbocycles. The van der Waals surface area contributed by atoms with Crippen molar-refractivity contribution in [1.82, 2.24) is 19.9 Å². The van der Waals surface area contributed by atoms with Crippen molar-refractivity contribution in [2.45, 2.75) is 6.04 Å². The molecule has 1 unspecified atom stereocenters. The van der Waals surface area contributed by atoms with E-state index in [-0.39, 0.29) is 18.2 Å². The lowest BCUT2D eigenvalue weighted by molar-refractivity contribution is 0.0696. The van der Waals surface area contributed by atoms with Gasteiger partial charge in [0.15, 0.2) is 0 Å². The molecule has 0 saturated carbocycles. The lowest BCUT2D eigenvalue weighted by Crippen LogP contribution is -2.56. The minimum absolute atomic E-state index is 0.0337. The van der Waals surface area contributed by atoms with Crippen LogP contribution in [0.3, 0.4) is 0 Å². The van der Waals surface area contributed by atoms with Gasteiger partial charge in [0.2, 0.25) is 11.9 Å². The highest BCUT2D eigenvalue weighted by Gasteiger charge is 2.29. The summed E-state index contributed by atoms with van der Waals surface area (Å²) in [4.78, 5) is 31.2. The van der Waals surface area contributed by atoms with E-state index in [4.69, 9.17) is 10.8 Å². The summed E-state index contributed by atoms with van der Waals surface area (Å²) < 4.78 is 0. The number of nitrogen functional groups attached to an aromatic ring is 1. The van der Waals surface area contributed by atoms with Gasteiger partial charge in [-0.2, -0.15) is 0 Å². The maximum atomic E-state index is 10.9. The van der Waals surface area contributed by atoms with E-state index in [2.05, 4.69) is 19.9 Å². The Balaban J connectivity index is 1.74. The number of aliphatic hydroxyl groups is 1. The number of aromatic nitrogens is 4. The second kappa shape index (κ2) is 6.62. The second-order valence-corrected chi connectivity index (χ2v) is 5.37. The summed E-state index contributed by atoms with van der Waals surface area (Å²) in [5, 5.41) is 18.6. The predicted octanol–water partition coefficient (Wildman–Crippen LogP) is -0.765. The number of anilines is 3. The molecule has 126 valence electrons. The zero-order valence-corrected chi connectivity index (χ0v) is 12.8. The van der Waals surface area contributed by atoms with Crippen molar-refractivity contribution in [1.29, 1.82) is 0 Å². The summed E-state index contributed by atoms with van der Waals surface area (Å²) in [6.07, 6.45) is 5.59. The molecule has 24 heavy (non-hydrogen) atoms. The molecule has 3 rings (SSSR count). The Morgan fingerprint density at radius 2 is 1.75 bits per heavy atom. The lowest BCUT2D eigenvalue weighted by Gasteiger charge is -2.40. The van der Waals surface area contributed by atoms with Gasteiger partial charge in [-0.3, -0.25) is 0 Å². The summed E-state index contributed by atoms with van der Waals surface area (Å²) >= 11 is 0. The third kappa shape index (κ3) is 3.18. The lowest BCUT2D eigenvalue weighted by atomic mass is 10.2. The zero-order chi connectivity index (χ0) is 17.1. The average molecular weight is 331 g/mol.